The summed E-state index contributed by atoms with van der Waals surface area (Å²) in [5, 5.41) is 19.7. The third-order valence-electron chi connectivity index (χ3n) is 7.25. The Balaban J connectivity index is 1.35. The van der Waals surface area contributed by atoms with E-state index in [1.165, 1.54) is 6.07 Å². The number of benzene rings is 1. The highest BCUT2D eigenvalue weighted by Gasteiger charge is 2.42. The number of hydrogen-bond acceptors (Lipinski definition) is 10. The maximum Gasteiger partial charge on any atom is 0.185 e. The molecule has 196 valence electrons. The summed E-state index contributed by atoms with van der Waals surface area (Å²) in [6.07, 6.45) is 6.78. The molecule has 0 saturated heterocycles. The molecular weight excluding hydrogens is 553 g/mol. The number of aromatic nitrogens is 4. The van der Waals surface area contributed by atoms with Crippen LogP contribution in [-0.4, -0.2) is 47.3 Å². The molecule has 12 heteroatoms. The highest BCUT2D eigenvalue weighted by Crippen LogP contribution is 2.44. The maximum atomic E-state index is 15.2. The molecule has 2 aliphatic rings. The molecule has 5 rings (SSSR count). The number of pyridine rings is 1. The van der Waals surface area contributed by atoms with Gasteiger partial charge in [-0.2, -0.15) is 0 Å². The van der Waals surface area contributed by atoms with Crippen molar-refractivity contribution in [3.63, 3.8) is 0 Å². The van der Waals surface area contributed by atoms with Crippen LogP contribution in [0.5, 0.6) is 5.75 Å². The third kappa shape index (κ3) is 5.97. The molecule has 2 aromatic heterocycles. The monoisotopic (exact) mass is 579 g/mol. The normalized spacial score (nSPS) is 23.6. The fraction of sp³-hybridized carbons (Fsp3) is 0.440. The summed E-state index contributed by atoms with van der Waals surface area (Å²) in [6, 6.07) is 6.02. The van der Waals surface area contributed by atoms with E-state index in [0.29, 0.717) is 27.9 Å². The predicted octanol–water partition coefficient (Wildman–Crippen LogP) is 6.29. The van der Waals surface area contributed by atoms with Crippen LogP contribution >= 0.6 is 49.6 Å². The van der Waals surface area contributed by atoms with Crippen molar-refractivity contribution in [1.82, 2.24) is 20.2 Å². The van der Waals surface area contributed by atoms with Crippen LogP contribution in [0.25, 0.3) is 22.5 Å². The van der Waals surface area contributed by atoms with E-state index in [-0.39, 0.29) is 29.1 Å². The minimum absolute atomic E-state index is 0.117. The lowest BCUT2D eigenvalue weighted by Crippen LogP contribution is -2.49. The number of thioether (sulfide) groups is 1. The number of phenols is 1. The van der Waals surface area contributed by atoms with Gasteiger partial charge in [-0.25, -0.2) is 18.7 Å². The van der Waals surface area contributed by atoms with Gasteiger partial charge in [0.1, 0.15) is 17.7 Å². The van der Waals surface area contributed by atoms with E-state index >= 15 is 4.39 Å². The largest absolute Gasteiger partial charge is 0.507 e. The Labute approximate surface area is 235 Å². The van der Waals surface area contributed by atoms with Crippen LogP contribution in [0.15, 0.2) is 41.7 Å². The number of alkyl halides is 1. The fourth-order valence-electron chi connectivity index (χ4n) is 5.44. The van der Waals surface area contributed by atoms with Crippen LogP contribution in [0, 0.1) is 17.7 Å². The minimum atomic E-state index is -0.986. The van der Waals surface area contributed by atoms with Crippen LogP contribution in [0.1, 0.15) is 32.1 Å². The van der Waals surface area contributed by atoms with Gasteiger partial charge in [0, 0.05) is 12.6 Å². The van der Waals surface area contributed by atoms with Gasteiger partial charge in [-0.1, -0.05) is 30.7 Å². The lowest BCUT2D eigenvalue weighted by molar-refractivity contribution is 0.0656. The van der Waals surface area contributed by atoms with Gasteiger partial charge in [0.2, 0.25) is 0 Å². The number of halogens is 2. The molecule has 3 aromatic rings. The van der Waals surface area contributed by atoms with Gasteiger partial charge in [-0.05, 0) is 54.9 Å². The zero-order valence-electron chi connectivity index (χ0n) is 20.0. The number of hydrogen-bond donors (Lipinski definition) is 4. The Morgan fingerprint density at radius 1 is 1.05 bits per heavy atom. The Bertz CT molecular complexity index is 1280. The third-order valence-corrected chi connectivity index (χ3v) is 8.77. The topological polar surface area (TPSA) is 75.0 Å². The van der Waals surface area contributed by atoms with Gasteiger partial charge in [-0.15, -0.1) is 48.1 Å². The number of rotatable bonds is 6. The Morgan fingerprint density at radius 2 is 1.86 bits per heavy atom. The van der Waals surface area contributed by atoms with Gasteiger partial charge in [0.25, 0.3) is 0 Å². The molecule has 0 radical (unpaired) electrons. The first kappa shape index (κ1) is 26.8. The van der Waals surface area contributed by atoms with Gasteiger partial charge < -0.3 is 10.0 Å². The summed E-state index contributed by atoms with van der Waals surface area (Å²) >= 11 is 13.8. The van der Waals surface area contributed by atoms with Crippen molar-refractivity contribution in [3.8, 4) is 28.3 Å². The number of fused-ring (bicyclic) bond motifs is 2. The first-order chi connectivity index (χ1) is 17.6. The molecule has 4 atom stereocenters. The molecule has 2 aliphatic carbocycles. The van der Waals surface area contributed by atoms with Crippen molar-refractivity contribution in [2.75, 3.05) is 11.9 Å². The van der Waals surface area contributed by atoms with E-state index in [1.54, 1.807) is 24.4 Å². The summed E-state index contributed by atoms with van der Waals surface area (Å²) in [5.41, 5.74) is 1.06. The summed E-state index contributed by atoms with van der Waals surface area (Å²) < 4.78 is 28.7. The van der Waals surface area contributed by atoms with Gasteiger partial charge in [0.15, 0.2) is 14.4 Å². The van der Waals surface area contributed by atoms with Crippen LogP contribution in [-0.2, 0) is 0 Å². The standard InChI is InChI=1S/C25H27F2N5OS4/c1-32(19-8-13-3-2-4-15(7-13)23(19)27)21-12-29-24(31-30-21)16-6-5-14(9-20(16)33)17-10-22(28-11-18(17)26)37-25(34,35)36/h5-6,9-13,15,19,23,33-36H,2-4,7-8H2,1H3/t13-,15+,19+,23-/m0/s1. The van der Waals surface area contributed by atoms with E-state index in [9.17, 15) is 9.50 Å². The SMILES string of the molecule is CN(c1cnc(-c2ccc(-c3cc(SC(S)(S)S)ncc3F)cc2O)nn1)[C@@H]1C[C@H]2CCC[C@H](C2)[C@@H]1F. The van der Waals surface area contributed by atoms with Crippen LogP contribution in [0.2, 0.25) is 0 Å². The lowest BCUT2D eigenvalue weighted by atomic mass is 9.69. The molecule has 2 bridgehead atoms. The summed E-state index contributed by atoms with van der Waals surface area (Å²) in [5.74, 6) is 0.723. The molecule has 0 aliphatic heterocycles. The Morgan fingerprint density at radius 3 is 2.57 bits per heavy atom. The molecular formula is C25H27F2N5OS4. The molecule has 1 N–H and O–H groups in total. The second-order valence-electron chi connectivity index (χ2n) is 9.70. The number of aromatic hydroxyl groups is 1. The summed E-state index contributed by atoms with van der Waals surface area (Å²) in [6.45, 7) is 0. The number of thiol groups is 3. The van der Waals surface area contributed by atoms with Crippen molar-refractivity contribution in [2.45, 2.75) is 52.1 Å². The van der Waals surface area contributed by atoms with Crippen LogP contribution < -0.4 is 4.90 Å². The van der Waals surface area contributed by atoms with Crippen LogP contribution in [0.3, 0.4) is 0 Å². The van der Waals surface area contributed by atoms with Gasteiger partial charge in [0.05, 0.1) is 29.0 Å². The second-order valence-corrected chi connectivity index (χ2v) is 14.9. The summed E-state index contributed by atoms with van der Waals surface area (Å²) in [4.78, 5) is 10.3. The van der Waals surface area contributed by atoms with Crippen molar-refractivity contribution in [3.05, 3.63) is 42.5 Å². The van der Waals surface area contributed by atoms with Crippen molar-refractivity contribution < 1.29 is 13.9 Å². The van der Waals surface area contributed by atoms with E-state index in [2.05, 4.69) is 58.1 Å². The molecule has 1 aromatic carbocycles. The number of anilines is 1. The molecule has 2 fully saturated rings. The zero-order chi connectivity index (χ0) is 26.3. The quantitative estimate of drug-likeness (QED) is 0.155. The number of nitrogens with zero attached hydrogens (tertiary/aromatic N) is 5. The average Bonchev–Trinajstić information content (AvgIpc) is 2.86. The first-order valence-corrected chi connectivity index (χ1v) is 14.2. The Hall–Kier alpha value is -1.76. The highest BCUT2D eigenvalue weighted by molar-refractivity contribution is 8.36. The zero-order valence-corrected chi connectivity index (χ0v) is 23.5. The molecule has 0 unspecified atom stereocenters. The van der Waals surface area contributed by atoms with Crippen molar-refractivity contribution in [1.29, 1.82) is 0 Å². The van der Waals surface area contributed by atoms with Gasteiger partial charge in [-0.3, -0.25) is 0 Å². The van der Waals surface area contributed by atoms with E-state index < -0.39 is 14.7 Å². The molecule has 2 saturated carbocycles. The summed E-state index contributed by atoms with van der Waals surface area (Å²) in [7, 11) is 1.84. The maximum absolute atomic E-state index is 15.2. The fourth-order valence-corrected chi connectivity index (χ4v) is 6.85. The van der Waals surface area contributed by atoms with Crippen molar-refractivity contribution in [2.24, 2.45) is 11.8 Å². The van der Waals surface area contributed by atoms with E-state index in [4.69, 9.17) is 0 Å². The van der Waals surface area contributed by atoms with E-state index in [0.717, 1.165) is 50.1 Å². The Kier molecular flexibility index (Phi) is 7.82. The highest BCUT2D eigenvalue weighted by atomic mass is 32.3. The number of phenolic OH excluding ortho intramolecular Hbond substituents is 1. The minimum Gasteiger partial charge on any atom is -0.507 e. The molecule has 0 spiro atoms. The molecule has 37 heavy (non-hydrogen) atoms. The average molecular weight is 580 g/mol. The first-order valence-electron chi connectivity index (χ1n) is 12.0. The van der Waals surface area contributed by atoms with Crippen LogP contribution in [0.4, 0.5) is 14.6 Å². The predicted molar refractivity (Wildman–Crippen MR) is 153 cm³/mol. The molecule has 6 nitrogen and oxygen atoms in total. The van der Waals surface area contributed by atoms with E-state index in [1.807, 2.05) is 11.9 Å². The smallest absolute Gasteiger partial charge is 0.185 e. The molecule has 2 heterocycles. The second kappa shape index (κ2) is 10.8. The van der Waals surface area contributed by atoms with Gasteiger partial charge >= 0.3 is 0 Å². The lowest BCUT2D eigenvalue weighted by Gasteiger charge is -2.45. The van der Waals surface area contributed by atoms with Crippen molar-refractivity contribution >= 4 is 55.5 Å². The molecule has 0 amide bonds.